The van der Waals surface area contributed by atoms with Crippen LogP contribution in [0.4, 0.5) is 0 Å². The standard InChI is InChI=1S/C28H46N2O12/c1-9-15(2)22(29-11-10-21-37-13-28(7,8)14-38-21)26(35)30-23-25(40-18(5)33)24(39-17(4)32)20(12-36-16(3)31)42-27(23)41-19(6)34/h15,20-25,27,29H,9-14H2,1-8H3,(H,30,35)/t15?,20?,22-,23+,24+,25+,27?/m0/s1. The lowest BCUT2D eigenvalue weighted by Crippen LogP contribution is -2.68. The Balaban J connectivity index is 2.29. The number of hydrogen-bond acceptors (Lipinski definition) is 13. The van der Waals surface area contributed by atoms with Crippen LogP contribution in [-0.2, 0) is 57.1 Å². The third kappa shape index (κ3) is 11.1. The van der Waals surface area contributed by atoms with Gasteiger partial charge in [0, 0.05) is 46.1 Å². The molecule has 0 bridgehead atoms. The lowest BCUT2D eigenvalue weighted by molar-refractivity contribution is -0.271. The van der Waals surface area contributed by atoms with Crippen molar-refractivity contribution >= 4 is 29.8 Å². The minimum absolute atomic E-state index is 0.0662. The van der Waals surface area contributed by atoms with E-state index in [1.54, 1.807) is 0 Å². The van der Waals surface area contributed by atoms with Gasteiger partial charge in [-0.05, 0) is 5.92 Å². The molecule has 0 saturated carbocycles. The van der Waals surface area contributed by atoms with Crippen molar-refractivity contribution < 1.29 is 57.1 Å². The quantitative estimate of drug-likeness (QED) is 0.226. The van der Waals surface area contributed by atoms with E-state index >= 15 is 0 Å². The second kappa shape index (κ2) is 16.1. The molecular weight excluding hydrogens is 556 g/mol. The number of amides is 1. The number of hydrogen-bond donors (Lipinski definition) is 2. The molecule has 2 fully saturated rings. The van der Waals surface area contributed by atoms with Gasteiger partial charge in [-0.25, -0.2) is 0 Å². The van der Waals surface area contributed by atoms with Gasteiger partial charge in [0.05, 0.1) is 19.3 Å². The summed E-state index contributed by atoms with van der Waals surface area (Å²) in [6, 6.07) is -1.99. The summed E-state index contributed by atoms with van der Waals surface area (Å²) in [4.78, 5) is 61.4. The van der Waals surface area contributed by atoms with Crippen LogP contribution in [0.25, 0.3) is 0 Å². The van der Waals surface area contributed by atoms with Crippen LogP contribution >= 0.6 is 0 Å². The number of carbonyl (C=O) groups excluding carboxylic acids is 5. The number of carbonyl (C=O) groups is 5. The van der Waals surface area contributed by atoms with E-state index in [1.807, 2.05) is 13.8 Å². The van der Waals surface area contributed by atoms with E-state index in [1.165, 1.54) is 6.92 Å². The minimum Gasteiger partial charge on any atom is -0.463 e. The van der Waals surface area contributed by atoms with Gasteiger partial charge in [-0.1, -0.05) is 34.1 Å². The van der Waals surface area contributed by atoms with Crippen LogP contribution in [0.3, 0.4) is 0 Å². The summed E-state index contributed by atoms with van der Waals surface area (Å²) in [5.74, 6) is -3.50. The first-order valence-corrected chi connectivity index (χ1v) is 14.2. The van der Waals surface area contributed by atoms with E-state index in [-0.39, 0.29) is 11.3 Å². The molecule has 0 aromatic rings. The molecule has 1 amide bonds. The van der Waals surface area contributed by atoms with Crippen LogP contribution in [0.15, 0.2) is 0 Å². The van der Waals surface area contributed by atoms with E-state index in [4.69, 9.17) is 33.2 Å². The Kier molecular flexibility index (Phi) is 13.6. The second-order valence-electron chi connectivity index (χ2n) is 11.5. The van der Waals surface area contributed by atoms with Crippen molar-refractivity contribution in [1.29, 1.82) is 0 Å². The molecule has 2 aliphatic rings. The van der Waals surface area contributed by atoms with Crippen LogP contribution in [0, 0.1) is 11.3 Å². The molecule has 240 valence electrons. The highest BCUT2D eigenvalue weighted by molar-refractivity contribution is 5.82. The summed E-state index contributed by atoms with van der Waals surface area (Å²) in [7, 11) is 0. The zero-order valence-electron chi connectivity index (χ0n) is 25.8. The summed E-state index contributed by atoms with van der Waals surface area (Å²) < 4.78 is 38.8. The Morgan fingerprint density at radius 1 is 0.881 bits per heavy atom. The molecule has 2 heterocycles. The van der Waals surface area contributed by atoms with Crippen LogP contribution in [-0.4, -0.2) is 99.1 Å². The third-order valence-electron chi connectivity index (χ3n) is 6.85. The molecule has 2 aliphatic heterocycles. The van der Waals surface area contributed by atoms with Gasteiger partial charge in [-0.15, -0.1) is 0 Å². The molecule has 0 aromatic carbocycles. The molecular formula is C28H46N2O12. The largest absolute Gasteiger partial charge is 0.463 e. The van der Waals surface area contributed by atoms with Crippen molar-refractivity contribution in [2.24, 2.45) is 11.3 Å². The Morgan fingerprint density at radius 3 is 1.98 bits per heavy atom. The normalized spacial score (nSPS) is 27.2. The highest BCUT2D eigenvalue weighted by Crippen LogP contribution is 2.29. The Morgan fingerprint density at radius 2 is 1.45 bits per heavy atom. The van der Waals surface area contributed by atoms with E-state index in [9.17, 15) is 24.0 Å². The van der Waals surface area contributed by atoms with Crippen molar-refractivity contribution in [2.75, 3.05) is 26.4 Å². The van der Waals surface area contributed by atoms with Gasteiger partial charge in [0.15, 0.2) is 18.5 Å². The Labute approximate surface area is 246 Å². The average molecular weight is 603 g/mol. The zero-order valence-corrected chi connectivity index (χ0v) is 25.8. The predicted octanol–water partition coefficient (Wildman–Crippen LogP) is 0.979. The number of nitrogens with one attached hydrogen (secondary N) is 2. The van der Waals surface area contributed by atoms with Crippen molar-refractivity contribution in [3.05, 3.63) is 0 Å². The molecule has 0 aromatic heterocycles. The first kappa shape index (κ1) is 35.4. The molecule has 0 aliphatic carbocycles. The summed E-state index contributed by atoms with van der Waals surface area (Å²) in [6.45, 7) is 13.7. The summed E-state index contributed by atoms with van der Waals surface area (Å²) in [6.07, 6.45) is -4.55. The molecule has 2 N–H and O–H groups in total. The van der Waals surface area contributed by atoms with Gasteiger partial charge in [-0.3, -0.25) is 24.0 Å². The van der Waals surface area contributed by atoms with Gasteiger partial charge >= 0.3 is 23.9 Å². The van der Waals surface area contributed by atoms with Crippen LogP contribution < -0.4 is 10.6 Å². The van der Waals surface area contributed by atoms with E-state index in [0.29, 0.717) is 32.6 Å². The van der Waals surface area contributed by atoms with Crippen LogP contribution in [0.2, 0.25) is 0 Å². The SMILES string of the molecule is CCC(C)[C@H](NCCC1OCC(C)(C)CO1)C(=O)N[C@H]1C(OC(C)=O)OC(COC(C)=O)[C@@H](OC(C)=O)[C@@H]1OC(C)=O. The molecule has 3 unspecified atom stereocenters. The van der Waals surface area contributed by atoms with E-state index in [0.717, 1.165) is 20.8 Å². The van der Waals surface area contributed by atoms with Crippen molar-refractivity contribution in [3.8, 4) is 0 Å². The molecule has 0 spiro atoms. The Hall–Kier alpha value is -2.81. The average Bonchev–Trinajstić information content (AvgIpc) is 2.88. The van der Waals surface area contributed by atoms with Gasteiger partial charge in [0.1, 0.15) is 18.8 Å². The fourth-order valence-electron chi connectivity index (χ4n) is 4.61. The fraction of sp³-hybridized carbons (Fsp3) is 0.821. The smallest absolute Gasteiger partial charge is 0.305 e. The maximum Gasteiger partial charge on any atom is 0.305 e. The van der Waals surface area contributed by atoms with E-state index in [2.05, 4.69) is 24.5 Å². The van der Waals surface area contributed by atoms with E-state index < -0.39 is 79.4 Å². The fourth-order valence-corrected chi connectivity index (χ4v) is 4.61. The second-order valence-corrected chi connectivity index (χ2v) is 11.5. The zero-order chi connectivity index (χ0) is 31.6. The van der Waals surface area contributed by atoms with Gasteiger partial charge in [-0.2, -0.15) is 0 Å². The number of rotatable bonds is 13. The molecule has 14 heteroatoms. The summed E-state index contributed by atoms with van der Waals surface area (Å²) in [5.41, 5.74) is -0.0662. The first-order chi connectivity index (χ1) is 19.6. The van der Waals surface area contributed by atoms with Gasteiger partial charge in [0.25, 0.3) is 0 Å². The van der Waals surface area contributed by atoms with Gasteiger partial charge < -0.3 is 43.8 Å². The maximum atomic E-state index is 13.7. The van der Waals surface area contributed by atoms with Crippen molar-refractivity contribution in [1.82, 2.24) is 10.6 Å². The van der Waals surface area contributed by atoms with Gasteiger partial charge in [0.2, 0.25) is 12.2 Å². The molecule has 2 saturated heterocycles. The highest BCUT2D eigenvalue weighted by Gasteiger charge is 2.52. The lowest BCUT2D eigenvalue weighted by atomic mass is 9.94. The van der Waals surface area contributed by atoms with Crippen LogP contribution in [0.5, 0.6) is 0 Å². The molecule has 2 rings (SSSR count). The van der Waals surface area contributed by atoms with Crippen molar-refractivity contribution in [2.45, 2.75) is 111 Å². The highest BCUT2D eigenvalue weighted by atomic mass is 16.7. The minimum atomic E-state index is -1.46. The molecule has 14 nitrogen and oxygen atoms in total. The maximum absolute atomic E-state index is 13.7. The number of esters is 4. The predicted molar refractivity (Wildman–Crippen MR) is 145 cm³/mol. The summed E-state index contributed by atoms with van der Waals surface area (Å²) in [5, 5.41) is 6.04. The summed E-state index contributed by atoms with van der Waals surface area (Å²) >= 11 is 0. The first-order valence-electron chi connectivity index (χ1n) is 14.2. The molecule has 42 heavy (non-hydrogen) atoms. The van der Waals surface area contributed by atoms with Crippen molar-refractivity contribution in [3.63, 3.8) is 0 Å². The topological polar surface area (TPSA) is 174 Å². The molecule has 7 atom stereocenters. The number of ether oxygens (including phenoxy) is 7. The van der Waals surface area contributed by atoms with Crippen LogP contribution in [0.1, 0.15) is 68.2 Å². The lowest BCUT2D eigenvalue weighted by Gasteiger charge is -2.45. The monoisotopic (exact) mass is 602 g/mol. The molecule has 0 radical (unpaired) electrons. The Bertz CT molecular complexity index is 947. The third-order valence-corrected chi connectivity index (χ3v) is 6.85.